The summed E-state index contributed by atoms with van der Waals surface area (Å²) in [5.74, 6) is 0.301. The first-order chi connectivity index (χ1) is 9.97. The number of amides is 1. The zero-order valence-corrected chi connectivity index (χ0v) is 12.1. The summed E-state index contributed by atoms with van der Waals surface area (Å²) < 4.78 is 1.25. The van der Waals surface area contributed by atoms with E-state index in [1.165, 1.54) is 10.9 Å². The Hall–Kier alpha value is -2.49. The maximum absolute atomic E-state index is 11.7. The summed E-state index contributed by atoms with van der Waals surface area (Å²) in [6.45, 7) is 2.89. The summed E-state index contributed by atoms with van der Waals surface area (Å²) in [6, 6.07) is 0.0614. The van der Waals surface area contributed by atoms with Gasteiger partial charge in [0.1, 0.15) is 5.82 Å². The van der Waals surface area contributed by atoms with E-state index in [0.29, 0.717) is 18.9 Å². The second-order valence-corrected chi connectivity index (χ2v) is 4.83. The smallest absolute Gasteiger partial charge is 0.343 e. The minimum Gasteiger partial charge on any atom is -0.349 e. The highest BCUT2D eigenvalue weighted by atomic mass is 16.2. The Balaban J connectivity index is 1.83. The molecule has 10 heteroatoms. The number of aryl methyl sites for hydroxylation is 1. The van der Waals surface area contributed by atoms with Crippen LogP contribution in [0.1, 0.15) is 23.2 Å². The molecule has 0 saturated carbocycles. The van der Waals surface area contributed by atoms with Crippen molar-refractivity contribution in [2.24, 2.45) is 7.05 Å². The third-order valence-electron chi connectivity index (χ3n) is 3.17. The van der Waals surface area contributed by atoms with E-state index in [2.05, 4.69) is 30.8 Å². The van der Waals surface area contributed by atoms with Gasteiger partial charge in [-0.3, -0.25) is 14.7 Å². The number of hydrogen-bond acceptors (Lipinski definition) is 6. The molecule has 3 N–H and O–H groups in total. The maximum atomic E-state index is 11.7. The quantitative estimate of drug-likeness (QED) is 0.594. The molecule has 114 valence electrons. The lowest BCUT2D eigenvalue weighted by atomic mass is 10.3. The second-order valence-electron chi connectivity index (χ2n) is 4.83. The summed E-state index contributed by atoms with van der Waals surface area (Å²) in [5, 5.41) is 16.5. The Kier molecular flexibility index (Phi) is 4.48. The Labute approximate surface area is 120 Å². The van der Waals surface area contributed by atoms with E-state index in [1.807, 2.05) is 18.9 Å². The molecule has 0 fully saturated rings. The maximum Gasteiger partial charge on any atom is 0.343 e. The normalized spacial score (nSPS) is 12.6. The van der Waals surface area contributed by atoms with Gasteiger partial charge in [-0.25, -0.2) is 9.48 Å². The molecule has 21 heavy (non-hydrogen) atoms. The molecule has 0 aliphatic carbocycles. The summed E-state index contributed by atoms with van der Waals surface area (Å²) in [6.07, 6.45) is 1.36. The van der Waals surface area contributed by atoms with Crippen LogP contribution in [0.25, 0.3) is 0 Å². The molecular formula is C11H18N8O2. The third-order valence-corrected chi connectivity index (χ3v) is 3.17. The van der Waals surface area contributed by atoms with Crippen molar-refractivity contribution < 1.29 is 4.79 Å². The van der Waals surface area contributed by atoms with E-state index in [0.717, 1.165) is 0 Å². The highest BCUT2D eigenvalue weighted by Crippen LogP contribution is 2.00. The average molecular weight is 294 g/mol. The lowest BCUT2D eigenvalue weighted by Gasteiger charge is -2.23. The SMILES string of the molecule is CC(CNC(=O)c1cn[nH]n1)N(C)Cc1nn(C)c(=O)[nH]1. The molecule has 0 saturated heterocycles. The fourth-order valence-corrected chi connectivity index (χ4v) is 1.72. The largest absolute Gasteiger partial charge is 0.349 e. The number of nitrogens with one attached hydrogen (secondary N) is 3. The van der Waals surface area contributed by atoms with Crippen LogP contribution in [0.3, 0.4) is 0 Å². The zero-order valence-electron chi connectivity index (χ0n) is 12.1. The number of nitrogens with zero attached hydrogens (tertiary/aromatic N) is 5. The molecule has 2 rings (SSSR count). The summed E-state index contributed by atoms with van der Waals surface area (Å²) in [4.78, 5) is 27.7. The van der Waals surface area contributed by atoms with Gasteiger partial charge in [-0.1, -0.05) is 0 Å². The summed E-state index contributed by atoms with van der Waals surface area (Å²) in [7, 11) is 3.48. The molecule has 2 heterocycles. The number of H-pyrrole nitrogens is 2. The summed E-state index contributed by atoms with van der Waals surface area (Å²) in [5.41, 5.74) is 0.00398. The predicted molar refractivity (Wildman–Crippen MR) is 73.5 cm³/mol. The van der Waals surface area contributed by atoms with E-state index in [1.54, 1.807) is 7.05 Å². The molecule has 0 aromatic carbocycles. The molecule has 0 aliphatic heterocycles. The Morgan fingerprint density at radius 3 is 2.90 bits per heavy atom. The fourth-order valence-electron chi connectivity index (χ4n) is 1.72. The minimum absolute atomic E-state index is 0.0614. The van der Waals surface area contributed by atoms with Crippen LogP contribution in [0.15, 0.2) is 11.0 Å². The number of aromatic amines is 2. The van der Waals surface area contributed by atoms with Gasteiger partial charge in [0, 0.05) is 19.6 Å². The molecule has 1 atom stereocenters. The van der Waals surface area contributed by atoms with Crippen LogP contribution in [0, 0.1) is 0 Å². The number of carbonyl (C=O) groups excluding carboxylic acids is 1. The molecular weight excluding hydrogens is 276 g/mol. The third kappa shape index (κ3) is 3.75. The van der Waals surface area contributed by atoms with Gasteiger partial charge < -0.3 is 5.32 Å². The number of hydrogen-bond donors (Lipinski definition) is 3. The van der Waals surface area contributed by atoms with Crippen molar-refractivity contribution >= 4 is 5.91 Å². The first kappa shape index (κ1) is 14.9. The monoisotopic (exact) mass is 294 g/mol. The van der Waals surface area contributed by atoms with Crippen LogP contribution in [-0.2, 0) is 13.6 Å². The van der Waals surface area contributed by atoms with Crippen molar-refractivity contribution in [3.63, 3.8) is 0 Å². The van der Waals surface area contributed by atoms with Crippen LogP contribution in [0.2, 0.25) is 0 Å². The lowest BCUT2D eigenvalue weighted by molar-refractivity contribution is 0.0934. The van der Waals surface area contributed by atoms with Crippen LogP contribution >= 0.6 is 0 Å². The molecule has 0 spiro atoms. The first-order valence-corrected chi connectivity index (χ1v) is 6.43. The summed E-state index contributed by atoms with van der Waals surface area (Å²) >= 11 is 0. The standard InChI is InChI=1S/C11H18N8O2/c1-7(4-12-10(20)8-5-13-17-15-8)18(2)6-9-14-11(21)19(3)16-9/h5,7H,4,6H2,1-3H3,(H,12,20)(H,13,15,17)(H,14,16,21). The number of aromatic nitrogens is 6. The topological polar surface area (TPSA) is 125 Å². The van der Waals surface area contributed by atoms with Crippen molar-refractivity contribution in [3.05, 3.63) is 28.2 Å². The Morgan fingerprint density at radius 2 is 2.33 bits per heavy atom. The van der Waals surface area contributed by atoms with E-state index in [4.69, 9.17) is 0 Å². The number of carbonyl (C=O) groups is 1. The van der Waals surface area contributed by atoms with E-state index in [-0.39, 0.29) is 23.3 Å². The predicted octanol–water partition coefficient (Wildman–Crippen LogP) is -1.52. The van der Waals surface area contributed by atoms with Crippen molar-refractivity contribution in [3.8, 4) is 0 Å². The van der Waals surface area contributed by atoms with Gasteiger partial charge in [0.2, 0.25) is 0 Å². The lowest BCUT2D eigenvalue weighted by Crippen LogP contribution is -2.40. The van der Waals surface area contributed by atoms with Gasteiger partial charge in [-0.05, 0) is 14.0 Å². The Morgan fingerprint density at radius 1 is 1.57 bits per heavy atom. The van der Waals surface area contributed by atoms with Gasteiger partial charge in [0.25, 0.3) is 5.91 Å². The van der Waals surface area contributed by atoms with Crippen LogP contribution in [0.5, 0.6) is 0 Å². The Bertz CT molecular complexity index is 643. The second kappa shape index (κ2) is 6.31. The molecule has 10 nitrogen and oxygen atoms in total. The van der Waals surface area contributed by atoms with E-state index >= 15 is 0 Å². The number of rotatable bonds is 6. The van der Waals surface area contributed by atoms with Crippen LogP contribution in [0.4, 0.5) is 0 Å². The molecule has 0 radical (unpaired) electrons. The molecule has 1 amide bonds. The minimum atomic E-state index is -0.282. The van der Waals surface area contributed by atoms with Gasteiger partial charge in [-0.15, -0.1) is 0 Å². The molecule has 0 bridgehead atoms. The van der Waals surface area contributed by atoms with Crippen molar-refractivity contribution in [1.29, 1.82) is 0 Å². The first-order valence-electron chi connectivity index (χ1n) is 6.43. The number of likely N-dealkylation sites (N-methyl/N-ethyl adjacent to an activating group) is 1. The van der Waals surface area contributed by atoms with Crippen molar-refractivity contribution in [2.75, 3.05) is 13.6 Å². The molecule has 1 unspecified atom stereocenters. The van der Waals surface area contributed by atoms with Crippen LogP contribution in [-0.4, -0.2) is 60.6 Å². The average Bonchev–Trinajstić information content (AvgIpc) is 3.06. The van der Waals surface area contributed by atoms with Gasteiger partial charge in [0.05, 0.1) is 12.7 Å². The highest BCUT2D eigenvalue weighted by molar-refractivity contribution is 5.91. The van der Waals surface area contributed by atoms with Crippen LogP contribution < -0.4 is 11.0 Å². The zero-order chi connectivity index (χ0) is 15.4. The van der Waals surface area contributed by atoms with E-state index in [9.17, 15) is 9.59 Å². The highest BCUT2D eigenvalue weighted by Gasteiger charge is 2.15. The van der Waals surface area contributed by atoms with Gasteiger partial charge in [-0.2, -0.15) is 20.5 Å². The van der Waals surface area contributed by atoms with E-state index < -0.39 is 0 Å². The van der Waals surface area contributed by atoms with Crippen molar-refractivity contribution in [1.82, 2.24) is 40.4 Å². The van der Waals surface area contributed by atoms with Gasteiger partial charge in [0.15, 0.2) is 5.69 Å². The molecule has 2 aromatic rings. The fraction of sp³-hybridized carbons (Fsp3) is 0.545. The van der Waals surface area contributed by atoms with Gasteiger partial charge >= 0.3 is 5.69 Å². The van der Waals surface area contributed by atoms with Crippen molar-refractivity contribution in [2.45, 2.75) is 19.5 Å². The molecule has 2 aromatic heterocycles. The molecule has 0 aliphatic rings.